The average molecular weight is 435 g/mol. The van der Waals surface area contributed by atoms with Crippen LogP contribution in [0.3, 0.4) is 0 Å². The molecule has 0 saturated heterocycles. The molecule has 9 nitrogen and oxygen atoms in total. The number of benzene rings is 2. The van der Waals surface area contributed by atoms with Crippen LogP contribution in [0.5, 0.6) is 0 Å². The number of hydrogen-bond donors (Lipinski definition) is 5. The van der Waals surface area contributed by atoms with Crippen molar-refractivity contribution in [1.82, 2.24) is 15.2 Å². The predicted octanol–water partition coefficient (Wildman–Crippen LogP) is 2.25. The molecule has 0 saturated carbocycles. The summed E-state index contributed by atoms with van der Waals surface area (Å²) in [6.45, 7) is 0.160. The maximum atomic E-state index is 12.8. The van der Waals surface area contributed by atoms with Gasteiger partial charge >= 0.3 is 5.97 Å². The van der Waals surface area contributed by atoms with E-state index in [0.717, 1.165) is 10.9 Å². The third-order valence-electron chi connectivity index (χ3n) is 5.10. The highest BCUT2D eigenvalue weighted by Crippen LogP contribution is 2.19. The first kappa shape index (κ1) is 22.5. The van der Waals surface area contributed by atoms with Crippen LogP contribution in [0, 0.1) is 5.41 Å². The molecule has 1 aromatic heterocycles. The third-order valence-corrected chi connectivity index (χ3v) is 5.10. The molecule has 3 rings (SSSR count). The molecule has 0 fully saturated rings. The number of aromatic amines is 1. The second-order valence-corrected chi connectivity index (χ2v) is 7.50. The number of carbonyl (C=O) groups is 3. The minimum absolute atomic E-state index is 0.0277. The molecule has 1 heterocycles. The first-order valence-electron chi connectivity index (χ1n) is 10.0. The summed E-state index contributed by atoms with van der Waals surface area (Å²) in [5.41, 5.74) is 7.88. The number of carboxylic acids is 1. The van der Waals surface area contributed by atoms with E-state index in [1.165, 1.54) is 4.90 Å². The van der Waals surface area contributed by atoms with E-state index < -0.39 is 12.0 Å². The minimum Gasteiger partial charge on any atom is -0.481 e. The van der Waals surface area contributed by atoms with E-state index in [1.807, 2.05) is 6.07 Å². The fourth-order valence-corrected chi connectivity index (χ4v) is 3.37. The quantitative estimate of drug-likeness (QED) is 0.258. The van der Waals surface area contributed by atoms with Crippen molar-refractivity contribution in [3.05, 3.63) is 71.4 Å². The van der Waals surface area contributed by atoms with Gasteiger partial charge in [0.15, 0.2) is 0 Å². The summed E-state index contributed by atoms with van der Waals surface area (Å²) < 4.78 is 0. The van der Waals surface area contributed by atoms with Crippen LogP contribution in [0.15, 0.2) is 54.6 Å². The number of aliphatic carboxylic acids is 1. The number of carboxylic acid groups (broad SMARTS) is 1. The van der Waals surface area contributed by atoms with Gasteiger partial charge in [0.25, 0.3) is 5.91 Å². The Morgan fingerprint density at radius 2 is 1.88 bits per heavy atom. The van der Waals surface area contributed by atoms with E-state index in [4.69, 9.17) is 16.2 Å². The number of nitrogen functional groups attached to an aromatic ring is 1. The summed E-state index contributed by atoms with van der Waals surface area (Å²) in [4.78, 5) is 40.8. The van der Waals surface area contributed by atoms with Crippen molar-refractivity contribution in [3.8, 4) is 0 Å². The molecular weight excluding hydrogens is 410 g/mol. The number of amides is 2. The summed E-state index contributed by atoms with van der Waals surface area (Å²) in [7, 11) is 1.59. The third kappa shape index (κ3) is 5.51. The van der Waals surface area contributed by atoms with Crippen molar-refractivity contribution < 1.29 is 19.5 Å². The standard InChI is InChI=1S/C23H25N5O4/c1-28(23(32)19-12-16-11-15(22(24)25)7-8-17(16)26-19)10-9-20(29)27-18(13-21(30)31)14-5-3-2-4-6-14/h2-8,11-12,18,26H,9-10,13H2,1H3,(H3,24,25)(H,27,29)(H,30,31). The van der Waals surface area contributed by atoms with Gasteiger partial charge in [0.2, 0.25) is 5.91 Å². The topological polar surface area (TPSA) is 152 Å². The van der Waals surface area contributed by atoms with Crippen molar-refractivity contribution in [1.29, 1.82) is 5.41 Å². The largest absolute Gasteiger partial charge is 0.481 e. The number of hydrogen-bond acceptors (Lipinski definition) is 4. The van der Waals surface area contributed by atoms with Gasteiger partial charge in [-0.05, 0) is 29.8 Å². The van der Waals surface area contributed by atoms with Crippen molar-refractivity contribution >= 4 is 34.5 Å². The van der Waals surface area contributed by atoms with Gasteiger partial charge in [-0.15, -0.1) is 0 Å². The SMILES string of the molecule is CN(CCC(=O)NC(CC(=O)O)c1ccccc1)C(=O)c1cc2cc(C(=N)N)ccc2[nH]1. The van der Waals surface area contributed by atoms with Crippen molar-refractivity contribution in [2.75, 3.05) is 13.6 Å². The summed E-state index contributed by atoms with van der Waals surface area (Å²) in [6, 6.07) is 15.1. The van der Waals surface area contributed by atoms with Gasteiger partial charge in [-0.1, -0.05) is 30.3 Å². The Balaban J connectivity index is 1.61. The maximum absolute atomic E-state index is 12.8. The lowest BCUT2D eigenvalue weighted by atomic mass is 10.0. The molecule has 9 heteroatoms. The summed E-state index contributed by atoms with van der Waals surface area (Å²) >= 11 is 0. The first-order chi connectivity index (χ1) is 15.2. The zero-order valence-electron chi connectivity index (χ0n) is 17.6. The molecule has 0 aliphatic carbocycles. The van der Waals surface area contributed by atoms with Crippen LogP contribution in [0.1, 0.15) is 40.5 Å². The number of nitrogens with one attached hydrogen (secondary N) is 3. The van der Waals surface area contributed by atoms with Crippen LogP contribution in [0.4, 0.5) is 0 Å². The second-order valence-electron chi connectivity index (χ2n) is 7.50. The number of H-pyrrole nitrogens is 1. The van der Waals surface area contributed by atoms with Gasteiger partial charge < -0.3 is 26.0 Å². The van der Waals surface area contributed by atoms with Gasteiger partial charge in [0.05, 0.1) is 12.5 Å². The Hall–Kier alpha value is -4.14. The lowest BCUT2D eigenvalue weighted by Gasteiger charge is -2.19. The van der Waals surface area contributed by atoms with Crippen LogP contribution in [-0.2, 0) is 9.59 Å². The van der Waals surface area contributed by atoms with E-state index in [0.29, 0.717) is 16.8 Å². The Morgan fingerprint density at radius 3 is 2.53 bits per heavy atom. The van der Waals surface area contributed by atoms with Gasteiger partial charge in [-0.25, -0.2) is 0 Å². The molecule has 1 atom stereocenters. The van der Waals surface area contributed by atoms with Crippen molar-refractivity contribution in [3.63, 3.8) is 0 Å². The van der Waals surface area contributed by atoms with E-state index in [2.05, 4.69) is 10.3 Å². The molecule has 0 bridgehead atoms. The molecule has 0 aliphatic rings. The molecule has 0 spiro atoms. The molecule has 6 N–H and O–H groups in total. The highest BCUT2D eigenvalue weighted by atomic mass is 16.4. The van der Waals surface area contributed by atoms with E-state index in [1.54, 1.807) is 55.6 Å². The number of carbonyl (C=O) groups excluding carboxylic acids is 2. The number of rotatable bonds is 9. The van der Waals surface area contributed by atoms with Crippen LogP contribution < -0.4 is 11.1 Å². The molecule has 0 radical (unpaired) electrons. The van der Waals surface area contributed by atoms with Crippen LogP contribution in [0.25, 0.3) is 10.9 Å². The van der Waals surface area contributed by atoms with E-state index >= 15 is 0 Å². The molecule has 3 aromatic rings. The number of nitrogens with two attached hydrogens (primary N) is 1. The molecule has 32 heavy (non-hydrogen) atoms. The molecular formula is C23H25N5O4. The van der Waals surface area contributed by atoms with Gasteiger partial charge in [0.1, 0.15) is 11.5 Å². The summed E-state index contributed by atoms with van der Waals surface area (Å²) in [5.74, 6) is -1.70. The summed E-state index contributed by atoms with van der Waals surface area (Å²) in [6.07, 6.45) is -0.207. The predicted molar refractivity (Wildman–Crippen MR) is 120 cm³/mol. The van der Waals surface area contributed by atoms with Gasteiger partial charge in [0, 0.05) is 36.5 Å². The van der Waals surface area contributed by atoms with Gasteiger partial charge in [-0.3, -0.25) is 19.8 Å². The normalized spacial score (nSPS) is 11.7. The monoisotopic (exact) mass is 435 g/mol. The van der Waals surface area contributed by atoms with Gasteiger partial charge in [-0.2, -0.15) is 0 Å². The molecule has 2 amide bonds. The minimum atomic E-state index is -1.02. The molecule has 0 aliphatic heterocycles. The van der Waals surface area contributed by atoms with E-state index in [-0.39, 0.29) is 37.0 Å². The Kier molecular flexibility index (Phi) is 6.89. The number of aromatic nitrogens is 1. The Labute approximate surface area is 184 Å². The Bertz CT molecular complexity index is 1160. The highest BCUT2D eigenvalue weighted by molar-refractivity contribution is 6.02. The Morgan fingerprint density at radius 1 is 1.16 bits per heavy atom. The number of nitrogens with zero attached hydrogens (tertiary/aromatic N) is 1. The zero-order chi connectivity index (χ0) is 23.3. The molecule has 166 valence electrons. The second kappa shape index (κ2) is 9.78. The number of amidine groups is 1. The lowest BCUT2D eigenvalue weighted by molar-refractivity contribution is -0.137. The van der Waals surface area contributed by atoms with Crippen molar-refractivity contribution in [2.45, 2.75) is 18.9 Å². The van der Waals surface area contributed by atoms with Crippen LogP contribution in [-0.4, -0.2) is 52.2 Å². The lowest BCUT2D eigenvalue weighted by Crippen LogP contribution is -2.34. The maximum Gasteiger partial charge on any atom is 0.305 e. The smallest absolute Gasteiger partial charge is 0.305 e. The van der Waals surface area contributed by atoms with Crippen LogP contribution >= 0.6 is 0 Å². The number of fused-ring (bicyclic) bond motifs is 1. The van der Waals surface area contributed by atoms with E-state index in [9.17, 15) is 14.4 Å². The average Bonchev–Trinajstić information content (AvgIpc) is 3.20. The fourth-order valence-electron chi connectivity index (χ4n) is 3.37. The first-order valence-corrected chi connectivity index (χ1v) is 10.0. The van der Waals surface area contributed by atoms with Crippen molar-refractivity contribution in [2.24, 2.45) is 5.73 Å². The van der Waals surface area contributed by atoms with Crippen LogP contribution in [0.2, 0.25) is 0 Å². The fraction of sp³-hybridized carbons (Fsp3) is 0.217. The zero-order valence-corrected chi connectivity index (χ0v) is 17.6. The molecule has 1 unspecified atom stereocenters. The molecule has 2 aromatic carbocycles. The summed E-state index contributed by atoms with van der Waals surface area (Å²) in [5, 5.41) is 20.2. The highest BCUT2D eigenvalue weighted by Gasteiger charge is 2.20.